The summed E-state index contributed by atoms with van der Waals surface area (Å²) >= 11 is 0. The number of sulfonamides is 1. The lowest BCUT2D eigenvalue weighted by Crippen LogP contribution is -2.42. The van der Waals surface area contributed by atoms with Gasteiger partial charge in [-0.2, -0.15) is 5.10 Å². The van der Waals surface area contributed by atoms with Gasteiger partial charge in [0, 0.05) is 12.2 Å². The van der Waals surface area contributed by atoms with Gasteiger partial charge in [-0.1, -0.05) is 18.2 Å². The quantitative estimate of drug-likeness (QED) is 0.588. The van der Waals surface area contributed by atoms with E-state index >= 15 is 0 Å². The summed E-state index contributed by atoms with van der Waals surface area (Å²) in [4.78, 5) is 17.1. The molecule has 3 aromatic rings. The minimum atomic E-state index is -3.77. The molecule has 1 aliphatic heterocycles. The van der Waals surface area contributed by atoms with Crippen molar-refractivity contribution < 1.29 is 13.2 Å². The number of aromatic nitrogens is 3. The van der Waals surface area contributed by atoms with Crippen molar-refractivity contribution in [3.05, 3.63) is 54.4 Å². The van der Waals surface area contributed by atoms with Crippen LogP contribution < -0.4 is 15.4 Å². The highest BCUT2D eigenvalue weighted by atomic mass is 32.2. The monoisotopic (exact) mass is 400 g/mol. The van der Waals surface area contributed by atoms with Crippen LogP contribution >= 0.6 is 0 Å². The lowest BCUT2D eigenvalue weighted by molar-refractivity contribution is 0.0931. The molecule has 0 unspecified atom stereocenters. The van der Waals surface area contributed by atoms with Crippen LogP contribution in [0.5, 0.6) is 0 Å². The third kappa shape index (κ3) is 3.82. The summed E-state index contributed by atoms with van der Waals surface area (Å²) in [6.07, 6.45) is 4.72. The molecule has 2 aromatic heterocycles. The van der Waals surface area contributed by atoms with Crippen LogP contribution in [0.25, 0.3) is 5.65 Å². The van der Waals surface area contributed by atoms with Gasteiger partial charge in [-0.3, -0.25) is 9.52 Å². The third-order valence-electron chi connectivity index (χ3n) is 4.58. The fraction of sp³-hybridized carbons (Fsp3) is 0.278. The van der Waals surface area contributed by atoms with Crippen molar-refractivity contribution in [2.24, 2.45) is 0 Å². The number of anilines is 1. The summed E-state index contributed by atoms with van der Waals surface area (Å²) in [7, 11) is -3.77. The van der Waals surface area contributed by atoms with Crippen LogP contribution in [0.4, 0.5) is 5.82 Å². The van der Waals surface area contributed by atoms with Gasteiger partial charge in [0.2, 0.25) is 0 Å². The Morgan fingerprint density at radius 2 is 1.89 bits per heavy atom. The minimum absolute atomic E-state index is 0.100. The van der Waals surface area contributed by atoms with E-state index in [0.29, 0.717) is 11.2 Å². The molecule has 0 aliphatic carbocycles. The van der Waals surface area contributed by atoms with Gasteiger partial charge in [0.05, 0.1) is 11.1 Å². The fourth-order valence-corrected chi connectivity index (χ4v) is 4.13. The number of rotatable bonds is 5. The number of fused-ring (bicyclic) bond motifs is 1. The van der Waals surface area contributed by atoms with Gasteiger partial charge in [-0.25, -0.2) is 17.9 Å². The van der Waals surface area contributed by atoms with Crippen LogP contribution in [-0.2, 0) is 10.0 Å². The van der Waals surface area contributed by atoms with Crippen molar-refractivity contribution in [3.8, 4) is 0 Å². The Morgan fingerprint density at radius 1 is 1.14 bits per heavy atom. The second-order valence-electron chi connectivity index (χ2n) is 6.56. The number of hydrogen-bond donors (Lipinski definition) is 3. The smallest absolute Gasteiger partial charge is 0.263 e. The van der Waals surface area contributed by atoms with E-state index in [0.717, 1.165) is 25.9 Å². The molecule has 1 saturated heterocycles. The number of amides is 1. The van der Waals surface area contributed by atoms with E-state index < -0.39 is 10.0 Å². The minimum Gasteiger partial charge on any atom is -0.349 e. The molecular weight excluding hydrogens is 380 g/mol. The SMILES string of the molecule is O=C(NC1CCNCC1)c1cnn2ccc(NS(=O)(=O)c3ccccc3)nc12. The molecule has 1 aliphatic rings. The highest BCUT2D eigenvalue weighted by Crippen LogP contribution is 2.17. The van der Waals surface area contributed by atoms with E-state index in [1.165, 1.54) is 28.9 Å². The first kappa shape index (κ1) is 18.4. The number of carbonyl (C=O) groups is 1. The van der Waals surface area contributed by atoms with Crippen molar-refractivity contribution in [2.75, 3.05) is 17.8 Å². The highest BCUT2D eigenvalue weighted by molar-refractivity contribution is 7.92. The molecule has 3 N–H and O–H groups in total. The second kappa shape index (κ2) is 7.56. The maximum Gasteiger partial charge on any atom is 0.263 e. The first-order valence-corrected chi connectivity index (χ1v) is 10.4. The van der Waals surface area contributed by atoms with E-state index in [1.54, 1.807) is 24.4 Å². The van der Waals surface area contributed by atoms with Crippen LogP contribution in [0.2, 0.25) is 0 Å². The summed E-state index contributed by atoms with van der Waals surface area (Å²) in [5.41, 5.74) is 0.596. The molecule has 28 heavy (non-hydrogen) atoms. The molecule has 1 amide bonds. The summed E-state index contributed by atoms with van der Waals surface area (Å²) in [5.74, 6) is -0.148. The molecule has 0 saturated carbocycles. The Labute approximate surface area is 162 Å². The van der Waals surface area contributed by atoms with Crippen molar-refractivity contribution in [1.82, 2.24) is 25.2 Å². The maximum atomic E-state index is 12.6. The Balaban J connectivity index is 1.58. The summed E-state index contributed by atoms with van der Waals surface area (Å²) in [6, 6.07) is 9.62. The second-order valence-corrected chi connectivity index (χ2v) is 8.24. The Hall–Kier alpha value is -2.98. The van der Waals surface area contributed by atoms with Gasteiger partial charge >= 0.3 is 0 Å². The van der Waals surface area contributed by atoms with Gasteiger partial charge in [-0.15, -0.1) is 0 Å². The molecule has 0 spiro atoms. The van der Waals surface area contributed by atoms with Crippen LogP contribution in [-0.4, -0.2) is 48.1 Å². The van der Waals surface area contributed by atoms with Gasteiger partial charge in [0.1, 0.15) is 11.4 Å². The van der Waals surface area contributed by atoms with Gasteiger partial charge < -0.3 is 10.6 Å². The van der Waals surface area contributed by atoms with Crippen molar-refractivity contribution in [1.29, 1.82) is 0 Å². The van der Waals surface area contributed by atoms with Crippen molar-refractivity contribution in [3.63, 3.8) is 0 Å². The predicted octanol–water partition coefficient (Wildman–Crippen LogP) is 1.01. The molecule has 1 aromatic carbocycles. The molecule has 4 rings (SSSR count). The highest BCUT2D eigenvalue weighted by Gasteiger charge is 2.21. The zero-order valence-corrected chi connectivity index (χ0v) is 15.8. The number of benzene rings is 1. The topological polar surface area (TPSA) is 117 Å². The molecule has 0 radical (unpaired) electrons. The Kier molecular flexibility index (Phi) is 4.97. The molecule has 1 fully saturated rings. The first-order chi connectivity index (χ1) is 13.5. The van der Waals surface area contributed by atoms with E-state index in [2.05, 4.69) is 25.4 Å². The average Bonchev–Trinajstić information content (AvgIpc) is 3.12. The van der Waals surface area contributed by atoms with E-state index in [9.17, 15) is 13.2 Å². The van der Waals surface area contributed by atoms with Crippen LogP contribution in [0.1, 0.15) is 23.2 Å². The number of hydrogen-bond acceptors (Lipinski definition) is 6. The lowest BCUT2D eigenvalue weighted by atomic mass is 10.1. The number of piperidine rings is 1. The van der Waals surface area contributed by atoms with E-state index in [-0.39, 0.29) is 22.7 Å². The van der Waals surface area contributed by atoms with Gasteiger partial charge in [-0.05, 0) is 44.1 Å². The summed E-state index contributed by atoms with van der Waals surface area (Å²) in [6.45, 7) is 1.73. The van der Waals surface area contributed by atoms with Crippen LogP contribution in [0, 0.1) is 0 Å². The normalized spacial score (nSPS) is 15.4. The zero-order chi connectivity index (χ0) is 19.6. The number of nitrogens with zero attached hydrogens (tertiary/aromatic N) is 3. The molecular formula is C18H20N6O3S. The van der Waals surface area contributed by atoms with E-state index in [1.807, 2.05) is 0 Å². The maximum absolute atomic E-state index is 12.6. The summed E-state index contributed by atoms with van der Waals surface area (Å²) < 4.78 is 28.9. The van der Waals surface area contributed by atoms with Gasteiger partial charge in [0.15, 0.2) is 5.65 Å². The van der Waals surface area contributed by atoms with Crippen molar-refractivity contribution in [2.45, 2.75) is 23.8 Å². The molecule has 9 nitrogen and oxygen atoms in total. The first-order valence-electron chi connectivity index (χ1n) is 8.97. The summed E-state index contributed by atoms with van der Waals surface area (Å²) in [5, 5.41) is 10.4. The number of carbonyl (C=O) groups excluding carboxylic acids is 1. The largest absolute Gasteiger partial charge is 0.349 e. The number of nitrogens with one attached hydrogen (secondary N) is 3. The average molecular weight is 400 g/mol. The van der Waals surface area contributed by atoms with Crippen molar-refractivity contribution >= 4 is 27.4 Å². The standard InChI is InChI=1S/C18H20N6O3S/c25-18(21-13-6-9-19-10-7-13)15-12-20-24-11-8-16(22-17(15)24)23-28(26,27)14-4-2-1-3-5-14/h1-5,8,11-13,19H,6-7,9-10H2,(H,21,25)(H,22,23). The molecule has 3 heterocycles. The molecule has 0 bridgehead atoms. The third-order valence-corrected chi connectivity index (χ3v) is 5.95. The Bertz CT molecular complexity index is 1090. The van der Waals surface area contributed by atoms with Crippen LogP contribution in [0.15, 0.2) is 53.7 Å². The molecule has 10 heteroatoms. The van der Waals surface area contributed by atoms with E-state index in [4.69, 9.17) is 0 Å². The lowest BCUT2D eigenvalue weighted by Gasteiger charge is -2.23. The zero-order valence-electron chi connectivity index (χ0n) is 15.0. The van der Waals surface area contributed by atoms with Gasteiger partial charge in [0.25, 0.3) is 15.9 Å². The molecule has 146 valence electrons. The van der Waals surface area contributed by atoms with Crippen LogP contribution in [0.3, 0.4) is 0 Å². The fourth-order valence-electron chi connectivity index (χ4n) is 3.11. The predicted molar refractivity (Wildman–Crippen MR) is 104 cm³/mol. The molecule has 0 atom stereocenters. The Morgan fingerprint density at radius 3 is 2.64 bits per heavy atom.